The lowest BCUT2D eigenvalue weighted by Crippen LogP contribution is -2.25. The summed E-state index contributed by atoms with van der Waals surface area (Å²) in [5, 5.41) is 10.1. The predicted octanol–water partition coefficient (Wildman–Crippen LogP) is 3.74. The number of fused-ring (bicyclic) bond motifs is 1. The molecule has 2 unspecified atom stereocenters. The Balaban J connectivity index is 2.02. The lowest BCUT2D eigenvalue weighted by Gasteiger charge is -2.29. The maximum Gasteiger partial charge on any atom is 0.339 e. The Morgan fingerprint density at radius 1 is 1.07 bits per heavy atom. The number of aliphatic hydroxyl groups excluding tert-OH is 1. The third-order valence-corrected chi connectivity index (χ3v) is 5.45. The van der Waals surface area contributed by atoms with E-state index in [9.17, 15) is 35.5 Å². The smallest absolute Gasteiger partial charge is 0.339 e. The molecule has 2 aromatic rings. The number of ether oxygens (including phenoxy) is 1. The Bertz CT molecular complexity index is 1010. The molecule has 3 rings (SSSR count). The van der Waals surface area contributed by atoms with Crippen molar-refractivity contribution in [3.8, 4) is 11.5 Å². The summed E-state index contributed by atoms with van der Waals surface area (Å²) in [7, 11) is -4.98. The Morgan fingerprint density at radius 2 is 1.64 bits per heavy atom. The summed E-state index contributed by atoms with van der Waals surface area (Å²) in [4.78, 5) is -0.654. The first-order valence-corrected chi connectivity index (χ1v) is 9.42. The van der Waals surface area contributed by atoms with Crippen molar-refractivity contribution < 1.29 is 44.4 Å². The number of hydrogen-bond donors (Lipinski definition) is 1. The zero-order valence-corrected chi connectivity index (χ0v) is 15.0. The minimum atomic E-state index is -4.98. The monoisotopic (exact) mass is 424 g/mol. The van der Waals surface area contributed by atoms with Crippen molar-refractivity contribution in [2.75, 3.05) is 0 Å². The lowest BCUT2D eigenvalue weighted by molar-refractivity contribution is 0.0639. The Labute approximate surface area is 156 Å². The van der Waals surface area contributed by atoms with Gasteiger partial charge in [-0.15, -0.1) is 0 Å². The van der Waals surface area contributed by atoms with Crippen molar-refractivity contribution in [3.05, 3.63) is 52.8 Å². The van der Waals surface area contributed by atoms with Crippen molar-refractivity contribution in [2.45, 2.75) is 36.9 Å². The van der Waals surface area contributed by atoms with E-state index in [0.717, 1.165) is 12.1 Å². The molecule has 1 N–H and O–H groups in total. The fourth-order valence-electron chi connectivity index (χ4n) is 2.72. The maximum atomic E-state index is 13.7. The van der Waals surface area contributed by atoms with Gasteiger partial charge < -0.3 is 14.0 Å². The third kappa shape index (κ3) is 3.39. The Kier molecular flexibility index (Phi) is 5.24. The van der Waals surface area contributed by atoms with E-state index in [1.807, 2.05) is 0 Å². The highest BCUT2D eigenvalue weighted by Crippen LogP contribution is 2.38. The van der Waals surface area contributed by atoms with Crippen LogP contribution in [0, 0.1) is 29.1 Å². The molecule has 1 aliphatic rings. The second-order valence-corrected chi connectivity index (χ2v) is 7.58. The third-order valence-electron chi connectivity index (χ3n) is 4.23. The van der Waals surface area contributed by atoms with Crippen LogP contribution in [0.5, 0.6) is 11.5 Å². The molecule has 0 amide bonds. The van der Waals surface area contributed by atoms with E-state index in [2.05, 4.69) is 4.18 Å². The van der Waals surface area contributed by atoms with Crippen molar-refractivity contribution in [3.63, 3.8) is 0 Å². The first-order valence-electron chi connectivity index (χ1n) is 8.01. The largest absolute Gasteiger partial charge is 0.490 e. The van der Waals surface area contributed by atoms with Gasteiger partial charge in [-0.3, -0.25) is 0 Å². The fourth-order valence-corrected chi connectivity index (χ4v) is 3.67. The van der Waals surface area contributed by atoms with Crippen LogP contribution in [0.3, 0.4) is 0 Å². The zero-order chi connectivity index (χ0) is 20.8. The molecule has 0 fully saturated rings. The van der Waals surface area contributed by atoms with Gasteiger partial charge in [0.05, 0.1) is 6.10 Å². The van der Waals surface area contributed by atoms with Crippen LogP contribution in [-0.2, 0) is 10.1 Å². The van der Waals surface area contributed by atoms with E-state index in [0.29, 0.717) is 12.0 Å². The molecule has 0 saturated heterocycles. The SMILES string of the molecule is CCC1CC(O)c2ccc(S(=O)(=O)Oc3c(F)c(F)c(F)c(F)c3F)cc2O1. The van der Waals surface area contributed by atoms with Gasteiger partial charge in [0.15, 0.2) is 0 Å². The zero-order valence-electron chi connectivity index (χ0n) is 14.2. The van der Waals surface area contributed by atoms with Crippen LogP contribution in [0.4, 0.5) is 22.0 Å². The first kappa shape index (κ1) is 20.3. The number of hydrogen-bond acceptors (Lipinski definition) is 5. The van der Waals surface area contributed by atoms with Gasteiger partial charge in [0.25, 0.3) is 0 Å². The molecular formula is C17H13F5O5S. The molecule has 1 heterocycles. The summed E-state index contributed by atoms with van der Waals surface area (Å²) in [5.41, 5.74) is 0.292. The van der Waals surface area contributed by atoms with Gasteiger partial charge in [-0.25, -0.2) is 13.2 Å². The highest BCUT2D eigenvalue weighted by Gasteiger charge is 2.32. The van der Waals surface area contributed by atoms with E-state index >= 15 is 0 Å². The van der Waals surface area contributed by atoms with Crippen molar-refractivity contribution >= 4 is 10.1 Å². The molecule has 2 atom stereocenters. The fraction of sp³-hybridized carbons (Fsp3) is 0.294. The van der Waals surface area contributed by atoms with Gasteiger partial charge in [0.2, 0.25) is 34.8 Å². The Hall–Kier alpha value is -2.40. The molecule has 0 radical (unpaired) electrons. The highest BCUT2D eigenvalue weighted by molar-refractivity contribution is 7.87. The second-order valence-electron chi connectivity index (χ2n) is 6.04. The minimum absolute atomic E-state index is 0.00712. The molecule has 5 nitrogen and oxygen atoms in total. The number of rotatable bonds is 4. The molecule has 2 aromatic carbocycles. The summed E-state index contributed by atoms with van der Waals surface area (Å²) in [6.45, 7) is 1.79. The van der Waals surface area contributed by atoms with Gasteiger partial charge in [-0.05, 0) is 12.5 Å². The van der Waals surface area contributed by atoms with Gasteiger partial charge in [-0.1, -0.05) is 13.0 Å². The number of benzene rings is 2. The standard InChI is InChI=1S/C17H13F5O5S/c1-2-7-5-10(23)9-4-3-8(6-11(9)26-7)28(24,25)27-17-15(21)13(19)12(18)14(20)16(17)22/h3-4,6-7,10,23H,2,5H2,1H3. The van der Waals surface area contributed by atoms with Crippen LogP contribution in [-0.4, -0.2) is 19.6 Å². The summed E-state index contributed by atoms with van der Waals surface area (Å²) < 4.78 is 101. The molecular weight excluding hydrogens is 411 g/mol. The highest BCUT2D eigenvalue weighted by atomic mass is 32.2. The van der Waals surface area contributed by atoms with E-state index in [-0.39, 0.29) is 12.2 Å². The van der Waals surface area contributed by atoms with E-state index < -0.39 is 62.1 Å². The first-order chi connectivity index (χ1) is 13.1. The summed E-state index contributed by atoms with van der Waals surface area (Å²) in [6, 6.07) is 3.11. The van der Waals surface area contributed by atoms with Crippen LogP contribution < -0.4 is 8.92 Å². The topological polar surface area (TPSA) is 72.8 Å². The van der Waals surface area contributed by atoms with Gasteiger partial charge in [0.1, 0.15) is 16.7 Å². The van der Waals surface area contributed by atoms with Crippen molar-refractivity contribution in [1.29, 1.82) is 0 Å². The molecule has 1 aliphatic heterocycles. The van der Waals surface area contributed by atoms with E-state index in [1.165, 1.54) is 6.07 Å². The van der Waals surface area contributed by atoms with Crippen LogP contribution in [0.15, 0.2) is 23.1 Å². The van der Waals surface area contributed by atoms with Crippen molar-refractivity contribution in [1.82, 2.24) is 0 Å². The second kappa shape index (κ2) is 7.21. The van der Waals surface area contributed by atoms with Crippen LogP contribution in [0.1, 0.15) is 31.4 Å². The average molecular weight is 424 g/mol. The summed E-state index contributed by atoms with van der Waals surface area (Å²) in [5.74, 6) is -13.9. The maximum absolute atomic E-state index is 13.7. The number of halogens is 5. The van der Waals surface area contributed by atoms with Crippen LogP contribution in [0.2, 0.25) is 0 Å². The van der Waals surface area contributed by atoms with E-state index in [1.54, 1.807) is 6.92 Å². The normalized spacial score (nSPS) is 19.1. The number of aliphatic hydroxyl groups is 1. The molecule has 0 saturated carbocycles. The van der Waals surface area contributed by atoms with Crippen LogP contribution >= 0.6 is 0 Å². The van der Waals surface area contributed by atoms with E-state index in [4.69, 9.17) is 4.74 Å². The molecule has 0 aliphatic carbocycles. The molecule has 0 bridgehead atoms. The average Bonchev–Trinajstić information content (AvgIpc) is 2.67. The predicted molar refractivity (Wildman–Crippen MR) is 84.8 cm³/mol. The molecule has 152 valence electrons. The molecule has 28 heavy (non-hydrogen) atoms. The van der Waals surface area contributed by atoms with Gasteiger partial charge in [0, 0.05) is 18.1 Å². The minimum Gasteiger partial charge on any atom is -0.490 e. The molecule has 0 spiro atoms. The lowest BCUT2D eigenvalue weighted by atomic mass is 9.98. The molecule has 0 aromatic heterocycles. The van der Waals surface area contributed by atoms with Crippen molar-refractivity contribution in [2.24, 2.45) is 0 Å². The summed E-state index contributed by atoms with van der Waals surface area (Å²) >= 11 is 0. The Morgan fingerprint density at radius 3 is 2.21 bits per heavy atom. The van der Waals surface area contributed by atoms with Gasteiger partial charge >= 0.3 is 10.1 Å². The quantitative estimate of drug-likeness (QED) is 0.350. The molecule has 11 heteroatoms. The van der Waals surface area contributed by atoms with Crippen LogP contribution in [0.25, 0.3) is 0 Å². The van der Waals surface area contributed by atoms with Gasteiger partial charge in [-0.2, -0.15) is 17.2 Å². The summed E-state index contributed by atoms with van der Waals surface area (Å²) in [6.07, 6.45) is -0.497.